The van der Waals surface area contributed by atoms with Gasteiger partial charge in [0.15, 0.2) is 5.78 Å². The molecule has 2 heterocycles. The lowest BCUT2D eigenvalue weighted by molar-refractivity contribution is -0.164. The molecule has 2 saturated heterocycles. The van der Waals surface area contributed by atoms with Crippen LogP contribution in [0.4, 0.5) is 0 Å². The molecule has 27 heavy (non-hydrogen) atoms. The van der Waals surface area contributed by atoms with Crippen molar-refractivity contribution in [2.45, 2.75) is 82.5 Å². The molecule has 7 aliphatic rings. The monoisotopic (exact) mass is 368 g/mol. The van der Waals surface area contributed by atoms with Crippen LogP contribution in [0.2, 0.25) is 0 Å². The van der Waals surface area contributed by atoms with Crippen LogP contribution in [0.5, 0.6) is 0 Å². The number of fused-ring (bicyclic) bond motifs is 7. The zero-order valence-corrected chi connectivity index (χ0v) is 16.3. The van der Waals surface area contributed by atoms with E-state index in [2.05, 4.69) is 13.8 Å². The second-order valence-corrected chi connectivity index (χ2v) is 11.1. The zero-order valence-electron chi connectivity index (χ0n) is 16.3. The first-order chi connectivity index (χ1) is 12.8. The molecule has 2 spiro atoms. The molecule has 144 valence electrons. The summed E-state index contributed by atoms with van der Waals surface area (Å²) in [7, 11) is 0. The Morgan fingerprint density at radius 3 is 2.74 bits per heavy atom. The molecule has 6 fully saturated rings. The van der Waals surface area contributed by atoms with Crippen molar-refractivity contribution in [2.75, 3.05) is 0 Å². The second-order valence-electron chi connectivity index (χ2n) is 11.1. The third-order valence-corrected chi connectivity index (χ3v) is 10.4. The van der Waals surface area contributed by atoms with Gasteiger partial charge in [-0.15, -0.1) is 0 Å². The molecule has 0 N–H and O–H groups in total. The lowest BCUT2D eigenvalue weighted by Crippen LogP contribution is -2.60. The van der Waals surface area contributed by atoms with Crippen molar-refractivity contribution < 1.29 is 19.1 Å². The van der Waals surface area contributed by atoms with Crippen molar-refractivity contribution in [1.29, 1.82) is 0 Å². The van der Waals surface area contributed by atoms with Gasteiger partial charge >= 0.3 is 5.97 Å². The van der Waals surface area contributed by atoms with Crippen molar-refractivity contribution in [2.24, 2.45) is 34.5 Å². The SMILES string of the molecule is C[C@]12CCC(=O)C=C1[C@@H]1C[C@@H]1[C@H]1[C@@H]3CC[C@@]4(CCC(=O)O4)[C@@]3(C)C[C@H]3O[C@@]132. The maximum Gasteiger partial charge on any atom is 0.306 e. The van der Waals surface area contributed by atoms with E-state index in [0.717, 1.165) is 25.7 Å². The molecule has 5 aliphatic carbocycles. The van der Waals surface area contributed by atoms with Gasteiger partial charge < -0.3 is 9.47 Å². The van der Waals surface area contributed by atoms with Crippen LogP contribution in [0.25, 0.3) is 0 Å². The highest BCUT2D eigenvalue weighted by atomic mass is 16.6. The predicted octanol–water partition coefficient (Wildman–Crippen LogP) is 3.58. The fourth-order valence-electron chi connectivity index (χ4n) is 9.12. The van der Waals surface area contributed by atoms with Gasteiger partial charge in [0, 0.05) is 23.7 Å². The molecule has 4 saturated carbocycles. The molecule has 0 bridgehead atoms. The third kappa shape index (κ3) is 1.47. The lowest BCUT2D eigenvalue weighted by Gasteiger charge is -2.56. The van der Waals surface area contributed by atoms with E-state index in [-0.39, 0.29) is 34.1 Å². The smallest absolute Gasteiger partial charge is 0.306 e. The van der Waals surface area contributed by atoms with E-state index in [1.54, 1.807) is 0 Å². The normalized spacial score (nSPS) is 62.0. The third-order valence-electron chi connectivity index (χ3n) is 10.4. The highest BCUT2D eigenvalue weighted by molar-refractivity contribution is 5.92. The molecule has 0 unspecified atom stereocenters. The molecule has 0 radical (unpaired) electrons. The highest BCUT2D eigenvalue weighted by Crippen LogP contribution is 2.82. The fourth-order valence-corrected chi connectivity index (χ4v) is 9.12. The van der Waals surface area contributed by atoms with Gasteiger partial charge in [-0.1, -0.05) is 19.4 Å². The molecule has 7 rings (SSSR count). The number of epoxide rings is 1. The van der Waals surface area contributed by atoms with Gasteiger partial charge in [-0.05, 0) is 68.3 Å². The molecule has 0 aromatic heterocycles. The Labute approximate surface area is 160 Å². The Morgan fingerprint density at radius 2 is 1.96 bits per heavy atom. The molecule has 0 aromatic rings. The molecule has 0 aromatic carbocycles. The summed E-state index contributed by atoms with van der Waals surface area (Å²) in [5, 5.41) is 0. The number of ether oxygens (including phenoxy) is 2. The van der Waals surface area contributed by atoms with Crippen LogP contribution in [-0.4, -0.2) is 29.1 Å². The van der Waals surface area contributed by atoms with Gasteiger partial charge in [0.25, 0.3) is 0 Å². The molecular formula is C23H28O4. The van der Waals surface area contributed by atoms with Crippen molar-refractivity contribution in [3.05, 3.63) is 11.6 Å². The average molecular weight is 368 g/mol. The number of esters is 1. The first kappa shape index (κ1) is 15.7. The molecular weight excluding hydrogens is 340 g/mol. The van der Waals surface area contributed by atoms with E-state index >= 15 is 0 Å². The number of hydrogen-bond donors (Lipinski definition) is 0. The van der Waals surface area contributed by atoms with E-state index in [9.17, 15) is 9.59 Å². The second kappa shape index (κ2) is 4.22. The molecule has 4 heteroatoms. The summed E-state index contributed by atoms with van der Waals surface area (Å²) in [6.45, 7) is 4.81. The van der Waals surface area contributed by atoms with Gasteiger partial charge in [-0.3, -0.25) is 9.59 Å². The Kier molecular flexibility index (Phi) is 2.46. The standard InChI is InChI=1S/C23H28O4/c1-20-6-3-12(24)9-16(20)13-10-14(13)19-15-4-7-22(8-5-18(25)27-22)21(15,2)11-17-23(19,20)26-17/h9,13-15,17,19H,3-8,10-11H2,1-2H3/t13-,14+,15+,17-,19+,20+,21+,22-,23-/m1/s1. The first-order valence-electron chi connectivity index (χ1n) is 11.0. The average Bonchev–Trinajstić information content (AvgIpc) is 3.49. The largest absolute Gasteiger partial charge is 0.458 e. The molecule has 9 atom stereocenters. The van der Waals surface area contributed by atoms with Crippen molar-refractivity contribution in [3.63, 3.8) is 0 Å². The van der Waals surface area contributed by atoms with Crippen molar-refractivity contribution in [1.82, 2.24) is 0 Å². The number of carbonyl (C=O) groups excluding carboxylic acids is 2. The van der Waals surface area contributed by atoms with E-state index in [0.29, 0.717) is 42.3 Å². The fraction of sp³-hybridized carbons (Fsp3) is 0.826. The highest BCUT2D eigenvalue weighted by Gasteiger charge is 2.85. The van der Waals surface area contributed by atoms with Gasteiger partial charge in [0.05, 0.1) is 6.10 Å². The Hall–Kier alpha value is -1.16. The van der Waals surface area contributed by atoms with Gasteiger partial charge in [-0.25, -0.2) is 0 Å². The minimum atomic E-state index is -0.239. The number of rotatable bonds is 0. The van der Waals surface area contributed by atoms with Crippen LogP contribution in [0.1, 0.15) is 65.2 Å². The predicted molar refractivity (Wildman–Crippen MR) is 96.6 cm³/mol. The summed E-state index contributed by atoms with van der Waals surface area (Å²) < 4.78 is 12.8. The summed E-state index contributed by atoms with van der Waals surface area (Å²) in [6.07, 6.45) is 9.85. The van der Waals surface area contributed by atoms with Gasteiger partial charge in [-0.2, -0.15) is 0 Å². The maximum absolute atomic E-state index is 12.2. The van der Waals surface area contributed by atoms with Crippen LogP contribution in [0.3, 0.4) is 0 Å². The van der Waals surface area contributed by atoms with Gasteiger partial charge in [0.2, 0.25) is 0 Å². The van der Waals surface area contributed by atoms with Crippen LogP contribution in [0.15, 0.2) is 11.6 Å². The van der Waals surface area contributed by atoms with Crippen LogP contribution < -0.4 is 0 Å². The number of ketones is 1. The van der Waals surface area contributed by atoms with E-state index < -0.39 is 0 Å². The van der Waals surface area contributed by atoms with Crippen LogP contribution in [-0.2, 0) is 19.1 Å². The summed E-state index contributed by atoms with van der Waals surface area (Å²) in [4.78, 5) is 24.2. The summed E-state index contributed by atoms with van der Waals surface area (Å²) in [5.74, 6) is 2.77. The Bertz CT molecular complexity index is 845. The van der Waals surface area contributed by atoms with Gasteiger partial charge in [0.1, 0.15) is 11.2 Å². The molecule has 4 nitrogen and oxygen atoms in total. The minimum absolute atomic E-state index is 0.00124. The Balaban J connectivity index is 1.36. The zero-order chi connectivity index (χ0) is 18.4. The number of carbonyl (C=O) groups is 2. The Morgan fingerprint density at radius 1 is 1.11 bits per heavy atom. The summed E-state index contributed by atoms with van der Waals surface area (Å²) in [6, 6.07) is 0. The summed E-state index contributed by atoms with van der Waals surface area (Å²) in [5.41, 5.74) is 1.24. The van der Waals surface area contributed by atoms with E-state index in [1.807, 2.05) is 6.08 Å². The quantitative estimate of drug-likeness (QED) is 0.484. The van der Waals surface area contributed by atoms with E-state index in [4.69, 9.17) is 9.47 Å². The maximum atomic E-state index is 12.2. The summed E-state index contributed by atoms with van der Waals surface area (Å²) >= 11 is 0. The van der Waals surface area contributed by atoms with Crippen molar-refractivity contribution >= 4 is 11.8 Å². The van der Waals surface area contributed by atoms with Crippen molar-refractivity contribution in [3.8, 4) is 0 Å². The topological polar surface area (TPSA) is 55.9 Å². The first-order valence-corrected chi connectivity index (χ1v) is 11.0. The minimum Gasteiger partial charge on any atom is -0.458 e. The van der Waals surface area contributed by atoms with Crippen LogP contribution in [0, 0.1) is 34.5 Å². The number of hydrogen-bond acceptors (Lipinski definition) is 4. The lowest BCUT2D eigenvalue weighted by atomic mass is 9.46. The molecule has 0 amide bonds. The van der Waals surface area contributed by atoms with E-state index in [1.165, 1.54) is 18.4 Å². The molecule has 2 aliphatic heterocycles. The van der Waals surface area contributed by atoms with Crippen LogP contribution >= 0.6 is 0 Å².